The summed E-state index contributed by atoms with van der Waals surface area (Å²) in [6, 6.07) is 5.64. The number of amides is 2. The minimum absolute atomic E-state index is 0.0369. The normalized spacial score (nSPS) is 12.0. The van der Waals surface area contributed by atoms with Crippen molar-refractivity contribution in [2.75, 3.05) is 11.9 Å². The van der Waals surface area contributed by atoms with Gasteiger partial charge < -0.3 is 15.7 Å². The molecule has 0 heterocycles. The van der Waals surface area contributed by atoms with Gasteiger partial charge in [-0.15, -0.1) is 0 Å². The van der Waals surface area contributed by atoms with Gasteiger partial charge in [-0.3, -0.25) is 0 Å². The van der Waals surface area contributed by atoms with E-state index in [-0.39, 0.29) is 18.7 Å². The number of benzene rings is 1. The maximum atomic E-state index is 11.7. The van der Waals surface area contributed by atoms with E-state index in [9.17, 15) is 4.79 Å². The van der Waals surface area contributed by atoms with Crippen LogP contribution in [0.15, 0.2) is 18.2 Å². The number of urea groups is 1. The molecule has 0 aliphatic carbocycles. The standard InChI is InChI=1S/C13H20N2O2/c1-9-4-5-10(2)12(8-9)15-13(17)14-11(3)6-7-16/h4-5,8,11,16H,6-7H2,1-3H3,(H2,14,15,17)/t11-/m1/s1. The summed E-state index contributed by atoms with van der Waals surface area (Å²) in [4.78, 5) is 11.7. The fourth-order valence-corrected chi connectivity index (χ4v) is 1.52. The Bertz CT molecular complexity index is 391. The van der Waals surface area contributed by atoms with Crippen molar-refractivity contribution in [1.29, 1.82) is 0 Å². The molecule has 0 aliphatic heterocycles. The van der Waals surface area contributed by atoms with Crippen molar-refractivity contribution in [3.05, 3.63) is 29.3 Å². The molecule has 0 radical (unpaired) electrons. The topological polar surface area (TPSA) is 61.4 Å². The van der Waals surface area contributed by atoms with Crippen molar-refractivity contribution in [2.24, 2.45) is 0 Å². The Labute approximate surface area is 102 Å². The molecule has 0 spiro atoms. The van der Waals surface area contributed by atoms with Gasteiger partial charge in [-0.25, -0.2) is 4.79 Å². The lowest BCUT2D eigenvalue weighted by molar-refractivity contribution is 0.241. The lowest BCUT2D eigenvalue weighted by Gasteiger charge is -2.14. The highest BCUT2D eigenvalue weighted by Gasteiger charge is 2.08. The van der Waals surface area contributed by atoms with E-state index in [4.69, 9.17) is 5.11 Å². The van der Waals surface area contributed by atoms with E-state index in [0.717, 1.165) is 16.8 Å². The summed E-state index contributed by atoms with van der Waals surface area (Å²) in [5, 5.41) is 14.3. The SMILES string of the molecule is Cc1ccc(C)c(NC(=O)N[C@H](C)CCO)c1. The number of aryl methyl sites for hydroxylation is 2. The predicted molar refractivity (Wildman–Crippen MR) is 69.2 cm³/mol. The Hall–Kier alpha value is -1.55. The first-order chi connectivity index (χ1) is 8.02. The molecule has 3 N–H and O–H groups in total. The van der Waals surface area contributed by atoms with Crippen molar-refractivity contribution in [3.63, 3.8) is 0 Å². The van der Waals surface area contributed by atoms with Crippen molar-refractivity contribution in [3.8, 4) is 0 Å². The lowest BCUT2D eigenvalue weighted by atomic mass is 10.1. The van der Waals surface area contributed by atoms with Crippen LogP contribution in [0, 0.1) is 13.8 Å². The fourth-order valence-electron chi connectivity index (χ4n) is 1.52. The summed E-state index contributed by atoms with van der Waals surface area (Å²) >= 11 is 0. The third kappa shape index (κ3) is 4.44. The molecule has 1 aromatic carbocycles. The largest absolute Gasteiger partial charge is 0.396 e. The van der Waals surface area contributed by atoms with Gasteiger partial charge in [0.15, 0.2) is 0 Å². The number of anilines is 1. The van der Waals surface area contributed by atoms with E-state index in [1.54, 1.807) is 0 Å². The number of hydrogen-bond donors (Lipinski definition) is 3. The Morgan fingerprint density at radius 3 is 2.76 bits per heavy atom. The number of carbonyl (C=O) groups excluding carboxylic acids is 1. The number of aliphatic hydroxyl groups is 1. The molecular weight excluding hydrogens is 216 g/mol. The number of carbonyl (C=O) groups is 1. The van der Waals surface area contributed by atoms with Crippen LogP contribution in [0.25, 0.3) is 0 Å². The van der Waals surface area contributed by atoms with Gasteiger partial charge in [0.05, 0.1) is 0 Å². The highest BCUT2D eigenvalue weighted by atomic mass is 16.3. The van der Waals surface area contributed by atoms with E-state index in [1.165, 1.54) is 0 Å². The van der Waals surface area contributed by atoms with E-state index in [1.807, 2.05) is 39.0 Å². The smallest absolute Gasteiger partial charge is 0.319 e. The third-order valence-electron chi connectivity index (χ3n) is 2.58. The van der Waals surface area contributed by atoms with Crippen molar-refractivity contribution < 1.29 is 9.90 Å². The Morgan fingerprint density at radius 1 is 1.41 bits per heavy atom. The molecule has 94 valence electrons. The zero-order valence-electron chi connectivity index (χ0n) is 10.6. The molecule has 0 aliphatic rings. The van der Waals surface area contributed by atoms with E-state index in [0.29, 0.717) is 6.42 Å². The van der Waals surface area contributed by atoms with Crippen LogP contribution >= 0.6 is 0 Å². The Kier molecular flexibility index (Phi) is 4.97. The molecule has 0 aromatic heterocycles. The summed E-state index contributed by atoms with van der Waals surface area (Å²) < 4.78 is 0. The van der Waals surface area contributed by atoms with Gasteiger partial charge >= 0.3 is 6.03 Å². The number of hydrogen-bond acceptors (Lipinski definition) is 2. The number of nitrogens with one attached hydrogen (secondary N) is 2. The van der Waals surface area contributed by atoms with E-state index >= 15 is 0 Å². The molecule has 0 unspecified atom stereocenters. The van der Waals surface area contributed by atoms with Gasteiger partial charge in [-0.05, 0) is 44.4 Å². The minimum atomic E-state index is -0.236. The molecule has 0 saturated carbocycles. The second-order valence-corrected chi connectivity index (χ2v) is 4.33. The highest BCUT2D eigenvalue weighted by molar-refractivity contribution is 5.90. The van der Waals surface area contributed by atoms with Crippen LogP contribution in [0.3, 0.4) is 0 Å². The molecule has 4 nitrogen and oxygen atoms in total. The average molecular weight is 236 g/mol. The van der Waals surface area contributed by atoms with Crippen LogP contribution in [0.4, 0.5) is 10.5 Å². The summed E-state index contributed by atoms with van der Waals surface area (Å²) in [6.45, 7) is 5.87. The predicted octanol–water partition coefficient (Wildman–Crippen LogP) is 2.20. The van der Waals surface area contributed by atoms with Gasteiger partial charge in [0.1, 0.15) is 0 Å². The first-order valence-corrected chi connectivity index (χ1v) is 5.78. The second-order valence-electron chi connectivity index (χ2n) is 4.33. The molecular formula is C13H20N2O2. The maximum Gasteiger partial charge on any atom is 0.319 e. The fraction of sp³-hybridized carbons (Fsp3) is 0.462. The van der Waals surface area contributed by atoms with Gasteiger partial charge in [0.25, 0.3) is 0 Å². The van der Waals surface area contributed by atoms with Gasteiger partial charge in [0, 0.05) is 18.3 Å². The van der Waals surface area contributed by atoms with Crippen molar-refractivity contribution in [2.45, 2.75) is 33.2 Å². The Balaban J connectivity index is 2.58. The molecule has 1 rings (SSSR count). The summed E-state index contributed by atoms with van der Waals surface area (Å²) in [6.07, 6.45) is 0.556. The monoisotopic (exact) mass is 236 g/mol. The van der Waals surface area contributed by atoms with Crippen LogP contribution in [-0.4, -0.2) is 23.8 Å². The first kappa shape index (κ1) is 13.5. The molecule has 0 bridgehead atoms. The van der Waals surface area contributed by atoms with Gasteiger partial charge in [-0.1, -0.05) is 12.1 Å². The van der Waals surface area contributed by atoms with Crippen LogP contribution in [0.2, 0.25) is 0 Å². The van der Waals surface area contributed by atoms with Crippen molar-refractivity contribution in [1.82, 2.24) is 5.32 Å². The highest BCUT2D eigenvalue weighted by Crippen LogP contribution is 2.16. The maximum absolute atomic E-state index is 11.7. The second kappa shape index (κ2) is 6.25. The molecule has 0 fully saturated rings. The van der Waals surface area contributed by atoms with E-state index < -0.39 is 0 Å². The molecule has 1 aromatic rings. The molecule has 17 heavy (non-hydrogen) atoms. The first-order valence-electron chi connectivity index (χ1n) is 5.78. The zero-order chi connectivity index (χ0) is 12.8. The molecule has 2 amide bonds. The molecule has 0 saturated heterocycles. The number of rotatable bonds is 4. The zero-order valence-corrected chi connectivity index (χ0v) is 10.6. The third-order valence-corrected chi connectivity index (χ3v) is 2.58. The molecule has 1 atom stereocenters. The Morgan fingerprint density at radius 2 is 2.12 bits per heavy atom. The summed E-state index contributed by atoms with van der Waals surface area (Å²) in [5.74, 6) is 0. The average Bonchev–Trinajstić information content (AvgIpc) is 2.23. The van der Waals surface area contributed by atoms with Crippen LogP contribution in [0.1, 0.15) is 24.5 Å². The molecule has 4 heteroatoms. The summed E-state index contributed by atoms with van der Waals surface area (Å²) in [7, 11) is 0. The van der Waals surface area contributed by atoms with Gasteiger partial charge in [0.2, 0.25) is 0 Å². The quantitative estimate of drug-likeness (QED) is 0.750. The summed E-state index contributed by atoms with van der Waals surface area (Å²) in [5.41, 5.74) is 2.95. The minimum Gasteiger partial charge on any atom is -0.396 e. The lowest BCUT2D eigenvalue weighted by Crippen LogP contribution is -2.36. The van der Waals surface area contributed by atoms with Crippen LogP contribution in [0.5, 0.6) is 0 Å². The van der Waals surface area contributed by atoms with Crippen LogP contribution < -0.4 is 10.6 Å². The van der Waals surface area contributed by atoms with Gasteiger partial charge in [-0.2, -0.15) is 0 Å². The van der Waals surface area contributed by atoms with Crippen LogP contribution in [-0.2, 0) is 0 Å². The number of aliphatic hydroxyl groups excluding tert-OH is 1. The van der Waals surface area contributed by atoms with E-state index in [2.05, 4.69) is 10.6 Å². The van der Waals surface area contributed by atoms with Crippen molar-refractivity contribution >= 4 is 11.7 Å².